The van der Waals surface area contributed by atoms with Gasteiger partial charge in [0.05, 0.1) is 18.8 Å². The smallest absolute Gasteiger partial charge is 0.171 e. The third kappa shape index (κ3) is 3.18. The maximum Gasteiger partial charge on any atom is 0.171 e. The Labute approximate surface area is 207 Å². The van der Waals surface area contributed by atoms with Crippen molar-refractivity contribution in [3.63, 3.8) is 0 Å². The van der Waals surface area contributed by atoms with E-state index in [9.17, 15) is 5.11 Å². The summed E-state index contributed by atoms with van der Waals surface area (Å²) >= 11 is 0. The highest BCUT2D eigenvalue weighted by molar-refractivity contribution is 5.92. The first-order valence-electron chi connectivity index (χ1n) is 14.3. The number of aliphatic hydroxyl groups excluding tert-OH is 1. The molecule has 0 aromatic heterocycles. The summed E-state index contributed by atoms with van der Waals surface area (Å²) in [5.41, 5.74) is 1.86. The minimum absolute atomic E-state index is 0.0861. The summed E-state index contributed by atoms with van der Waals surface area (Å²) in [7, 11) is 4.18. The lowest BCUT2D eigenvalue weighted by atomic mass is 9.44. The molecule has 6 fully saturated rings. The zero-order valence-corrected chi connectivity index (χ0v) is 22.4. The molecule has 0 amide bonds. The van der Waals surface area contributed by atoms with E-state index >= 15 is 0 Å². The molecule has 34 heavy (non-hydrogen) atoms. The highest BCUT2D eigenvalue weighted by atomic mass is 16.7. The number of rotatable bonds is 1. The van der Waals surface area contributed by atoms with Gasteiger partial charge in [-0.25, -0.2) is 0 Å². The van der Waals surface area contributed by atoms with Gasteiger partial charge in [0.15, 0.2) is 5.79 Å². The maximum absolute atomic E-state index is 10.4. The quantitative estimate of drug-likeness (QED) is 0.525. The third-order valence-corrected chi connectivity index (χ3v) is 12.1. The number of hydrogen-bond acceptors (Lipinski definition) is 5. The number of hydrogen-bond donors (Lipinski definition) is 1. The van der Waals surface area contributed by atoms with Gasteiger partial charge in [-0.05, 0) is 86.4 Å². The fourth-order valence-corrected chi connectivity index (χ4v) is 10.3. The van der Waals surface area contributed by atoms with Crippen molar-refractivity contribution >= 4 is 5.71 Å². The van der Waals surface area contributed by atoms with E-state index in [1.165, 1.54) is 37.8 Å². The first-order chi connectivity index (χ1) is 16.1. The maximum atomic E-state index is 10.4. The lowest BCUT2D eigenvalue weighted by molar-refractivity contribution is -0.272. The van der Waals surface area contributed by atoms with Gasteiger partial charge < -0.3 is 19.6 Å². The Balaban J connectivity index is 1.37. The minimum atomic E-state index is -0.376. The van der Waals surface area contributed by atoms with Crippen LogP contribution in [0.25, 0.3) is 0 Å². The molecule has 6 rings (SSSR count). The molecule has 12 atom stereocenters. The van der Waals surface area contributed by atoms with Crippen LogP contribution in [0.1, 0.15) is 85.5 Å². The number of fused-ring (bicyclic) bond motifs is 7. The van der Waals surface area contributed by atoms with E-state index in [4.69, 9.17) is 14.6 Å². The molecule has 192 valence electrons. The van der Waals surface area contributed by atoms with E-state index in [-0.39, 0.29) is 17.3 Å². The van der Waals surface area contributed by atoms with Crippen LogP contribution in [0.3, 0.4) is 0 Å². The topological polar surface area (TPSA) is 54.3 Å². The molecule has 0 radical (unpaired) electrons. The molecule has 4 aliphatic carbocycles. The molecular formula is C29H48N2O3. The Morgan fingerprint density at radius 1 is 1.00 bits per heavy atom. The van der Waals surface area contributed by atoms with Gasteiger partial charge in [0.2, 0.25) is 0 Å². The van der Waals surface area contributed by atoms with Crippen molar-refractivity contribution in [3.05, 3.63) is 0 Å². The predicted octanol–water partition coefficient (Wildman–Crippen LogP) is 5.32. The summed E-state index contributed by atoms with van der Waals surface area (Å²) in [5, 5.41) is 17.8. The molecule has 5 nitrogen and oxygen atoms in total. The zero-order valence-electron chi connectivity index (χ0n) is 22.4. The highest BCUT2D eigenvalue weighted by Gasteiger charge is 2.71. The van der Waals surface area contributed by atoms with E-state index in [1.54, 1.807) is 0 Å². The summed E-state index contributed by atoms with van der Waals surface area (Å²) in [5.74, 6) is 3.91. The van der Waals surface area contributed by atoms with Gasteiger partial charge in [0, 0.05) is 43.5 Å². The van der Waals surface area contributed by atoms with E-state index in [0.717, 1.165) is 38.2 Å². The van der Waals surface area contributed by atoms with Gasteiger partial charge in [-0.3, -0.25) is 0 Å². The van der Waals surface area contributed by atoms with Crippen LogP contribution in [0.15, 0.2) is 5.10 Å². The third-order valence-electron chi connectivity index (χ3n) is 12.1. The molecule has 1 spiro atoms. The lowest BCUT2D eigenvalue weighted by Gasteiger charge is -2.61. The predicted molar refractivity (Wildman–Crippen MR) is 134 cm³/mol. The molecule has 2 aliphatic heterocycles. The van der Waals surface area contributed by atoms with Crippen molar-refractivity contribution in [2.45, 2.75) is 103 Å². The van der Waals surface area contributed by atoms with Gasteiger partial charge in [-0.15, -0.1) is 0 Å². The Hall–Kier alpha value is -0.650. The molecule has 0 aromatic rings. The first kappa shape index (κ1) is 23.7. The summed E-state index contributed by atoms with van der Waals surface area (Å²) in [6, 6.07) is 0. The van der Waals surface area contributed by atoms with Gasteiger partial charge in [-0.1, -0.05) is 27.7 Å². The molecule has 1 N–H and O–H groups in total. The lowest BCUT2D eigenvalue weighted by Crippen LogP contribution is -2.58. The van der Waals surface area contributed by atoms with Crippen molar-refractivity contribution in [1.29, 1.82) is 0 Å². The normalized spacial score (nSPS) is 57.7. The highest BCUT2D eigenvalue weighted by Crippen LogP contribution is 2.70. The second kappa shape index (κ2) is 7.92. The molecule has 6 aliphatic rings. The van der Waals surface area contributed by atoms with Crippen molar-refractivity contribution in [3.8, 4) is 0 Å². The van der Waals surface area contributed by atoms with Crippen molar-refractivity contribution in [1.82, 2.24) is 5.01 Å². The largest absolute Gasteiger partial charge is 0.393 e. The van der Waals surface area contributed by atoms with Gasteiger partial charge in [0.25, 0.3) is 0 Å². The Morgan fingerprint density at radius 2 is 1.79 bits per heavy atom. The summed E-state index contributed by atoms with van der Waals surface area (Å²) < 4.78 is 13.5. The van der Waals surface area contributed by atoms with Gasteiger partial charge in [0.1, 0.15) is 0 Å². The average molecular weight is 473 g/mol. The number of ether oxygens (including phenoxy) is 2. The van der Waals surface area contributed by atoms with Crippen LogP contribution >= 0.6 is 0 Å². The minimum Gasteiger partial charge on any atom is -0.393 e. The van der Waals surface area contributed by atoms with Gasteiger partial charge in [-0.2, -0.15) is 5.10 Å². The average Bonchev–Trinajstić information content (AvgIpc) is 3.23. The number of aliphatic hydroxyl groups is 1. The van der Waals surface area contributed by atoms with Crippen LogP contribution in [-0.4, -0.2) is 54.5 Å². The molecular weight excluding hydrogens is 424 g/mol. The van der Waals surface area contributed by atoms with E-state index in [0.29, 0.717) is 47.0 Å². The fraction of sp³-hybridized carbons (Fsp3) is 0.966. The van der Waals surface area contributed by atoms with Crippen LogP contribution in [0, 0.1) is 52.3 Å². The molecule has 2 saturated heterocycles. The Morgan fingerprint density at radius 3 is 2.50 bits per heavy atom. The summed E-state index contributed by atoms with van der Waals surface area (Å²) in [4.78, 5) is 0. The number of hydrazone groups is 1. The van der Waals surface area contributed by atoms with E-state index in [2.05, 4.69) is 41.8 Å². The second-order valence-corrected chi connectivity index (χ2v) is 13.9. The standard InChI is InChI=1S/C29H48N2O3/c1-17-9-12-29(33-16-17)18(2)26-24(34-29)14-23-21-8-7-19-13-20(32)10-11-27(19,3)22(21)15-25(28(23,26)4)30-31(5)6/h17-24,26,32H,7-16H2,1-6H3/b30-25+/t17?,18?,19?,20?,21-,22+,23+,24?,26?,27+,28-,29-/m1/s1. The van der Waals surface area contributed by atoms with Crippen LogP contribution in [0.2, 0.25) is 0 Å². The van der Waals surface area contributed by atoms with Gasteiger partial charge >= 0.3 is 0 Å². The van der Waals surface area contributed by atoms with Crippen LogP contribution in [0.5, 0.6) is 0 Å². The van der Waals surface area contributed by atoms with Crippen LogP contribution in [0.4, 0.5) is 0 Å². The molecule has 5 heteroatoms. The molecule has 4 saturated carbocycles. The second-order valence-electron chi connectivity index (χ2n) is 13.9. The van der Waals surface area contributed by atoms with E-state index < -0.39 is 0 Å². The number of nitrogens with zero attached hydrogens (tertiary/aromatic N) is 2. The molecule has 0 aromatic carbocycles. The monoisotopic (exact) mass is 472 g/mol. The Kier molecular flexibility index (Phi) is 5.53. The van der Waals surface area contributed by atoms with Crippen molar-refractivity contribution in [2.75, 3.05) is 20.7 Å². The zero-order chi connectivity index (χ0) is 24.0. The SMILES string of the molecule is CC1CC[C@@]2(OC1)OC1C[C@H]3[C@@H]4CCC5CC(O)CC[C@]5(C)[C@H]4C/C(=N\N(C)C)[C@]3(C)C1C2C. The van der Waals surface area contributed by atoms with Crippen LogP contribution < -0.4 is 0 Å². The fourth-order valence-electron chi connectivity index (χ4n) is 10.3. The van der Waals surface area contributed by atoms with Crippen molar-refractivity contribution < 1.29 is 14.6 Å². The summed E-state index contributed by atoms with van der Waals surface area (Å²) in [6.07, 6.45) is 10.5. The molecule has 0 bridgehead atoms. The first-order valence-corrected chi connectivity index (χ1v) is 14.3. The molecule has 6 unspecified atom stereocenters. The van der Waals surface area contributed by atoms with Crippen molar-refractivity contribution in [2.24, 2.45) is 57.4 Å². The van der Waals surface area contributed by atoms with Crippen LogP contribution in [-0.2, 0) is 9.47 Å². The summed E-state index contributed by atoms with van der Waals surface area (Å²) in [6.45, 7) is 10.7. The molecule has 2 heterocycles. The Bertz CT molecular complexity index is 835. The van der Waals surface area contributed by atoms with E-state index in [1.807, 2.05) is 5.01 Å².